The fraction of sp³-hybridized carbons (Fsp3) is 0.647. The monoisotopic (exact) mass is 305 g/mol. The lowest BCUT2D eigenvalue weighted by molar-refractivity contribution is 0.546. The topological polar surface area (TPSA) is 52.6 Å². The van der Waals surface area contributed by atoms with Crippen LogP contribution in [0.15, 0.2) is 23.3 Å². The first-order valence-corrected chi connectivity index (χ1v) is 8.16. The maximum atomic E-state index is 4.33. The average Bonchev–Trinajstić information content (AvgIpc) is 2.52. The summed E-state index contributed by atoms with van der Waals surface area (Å²) in [5.41, 5.74) is 1.19. The van der Waals surface area contributed by atoms with Crippen molar-refractivity contribution >= 4 is 11.8 Å². The van der Waals surface area contributed by atoms with Crippen LogP contribution in [0.4, 0.5) is 5.82 Å². The number of hydrogen-bond donors (Lipinski definition) is 2. The molecule has 5 nitrogen and oxygen atoms in total. The van der Waals surface area contributed by atoms with Gasteiger partial charge in [-0.3, -0.25) is 4.99 Å². The smallest absolute Gasteiger partial charge is 0.191 e. The number of rotatable bonds is 8. The predicted molar refractivity (Wildman–Crippen MR) is 95.5 cm³/mol. The Labute approximate surface area is 135 Å². The molecular formula is C17H31N5. The SMILES string of the molecule is CCCCCC(C)NC(=NC)NCc1ccnc(N(C)C)c1. The Kier molecular flexibility index (Phi) is 8.33. The zero-order valence-electron chi connectivity index (χ0n) is 14.7. The number of unbranched alkanes of at least 4 members (excludes halogenated alkanes) is 2. The highest BCUT2D eigenvalue weighted by Gasteiger charge is 2.05. The number of nitrogens with zero attached hydrogens (tertiary/aromatic N) is 3. The average molecular weight is 305 g/mol. The number of anilines is 1. The van der Waals surface area contributed by atoms with E-state index in [2.05, 4.69) is 40.5 Å². The van der Waals surface area contributed by atoms with Gasteiger partial charge in [0.1, 0.15) is 5.82 Å². The quantitative estimate of drug-likeness (QED) is 0.440. The number of aromatic nitrogens is 1. The van der Waals surface area contributed by atoms with Gasteiger partial charge in [0.05, 0.1) is 0 Å². The molecule has 1 unspecified atom stereocenters. The molecule has 0 aliphatic carbocycles. The molecule has 1 aromatic heterocycles. The van der Waals surface area contributed by atoms with Crippen molar-refractivity contribution in [2.45, 2.75) is 52.1 Å². The third kappa shape index (κ3) is 6.78. The van der Waals surface area contributed by atoms with E-state index >= 15 is 0 Å². The van der Waals surface area contributed by atoms with Gasteiger partial charge in [0.25, 0.3) is 0 Å². The Morgan fingerprint density at radius 1 is 1.36 bits per heavy atom. The maximum absolute atomic E-state index is 4.33. The normalized spacial score (nSPS) is 12.9. The zero-order chi connectivity index (χ0) is 16.4. The van der Waals surface area contributed by atoms with Gasteiger partial charge < -0.3 is 15.5 Å². The molecule has 0 aliphatic heterocycles. The van der Waals surface area contributed by atoms with Crippen molar-refractivity contribution < 1.29 is 0 Å². The van der Waals surface area contributed by atoms with Crippen LogP contribution >= 0.6 is 0 Å². The van der Waals surface area contributed by atoms with Crippen molar-refractivity contribution in [3.8, 4) is 0 Å². The van der Waals surface area contributed by atoms with E-state index in [0.717, 1.165) is 18.3 Å². The largest absolute Gasteiger partial charge is 0.363 e. The first kappa shape index (κ1) is 18.3. The van der Waals surface area contributed by atoms with Crippen LogP contribution in [0.2, 0.25) is 0 Å². The lowest BCUT2D eigenvalue weighted by Gasteiger charge is -2.18. The summed E-state index contributed by atoms with van der Waals surface area (Å²) in [6, 6.07) is 4.55. The van der Waals surface area contributed by atoms with E-state index in [9.17, 15) is 0 Å². The van der Waals surface area contributed by atoms with Gasteiger partial charge in [0, 0.05) is 39.9 Å². The van der Waals surface area contributed by atoms with Crippen LogP contribution in [-0.4, -0.2) is 38.1 Å². The molecule has 0 saturated carbocycles. The first-order valence-electron chi connectivity index (χ1n) is 8.16. The van der Waals surface area contributed by atoms with Crippen molar-refractivity contribution in [1.29, 1.82) is 0 Å². The van der Waals surface area contributed by atoms with Gasteiger partial charge >= 0.3 is 0 Å². The summed E-state index contributed by atoms with van der Waals surface area (Å²) in [6.07, 6.45) is 6.83. The Bertz CT molecular complexity index is 456. The molecule has 1 aromatic rings. The second-order valence-corrected chi connectivity index (χ2v) is 5.88. The molecule has 0 bridgehead atoms. The van der Waals surface area contributed by atoms with E-state index < -0.39 is 0 Å². The summed E-state index contributed by atoms with van der Waals surface area (Å²) in [5.74, 6) is 1.82. The molecule has 1 atom stereocenters. The zero-order valence-corrected chi connectivity index (χ0v) is 14.7. The molecule has 1 rings (SSSR count). The van der Waals surface area contributed by atoms with Crippen molar-refractivity contribution in [3.05, 3.63) is 23.9 Å². The van der Waals surface area contributed by atoms with Crippen molar-refractivity contribution in [3.63, 3.8) is 0 Å². The van der Waals surface area contributed by atoms with Gasteiger partial charge in [-0.05, 0) is 31.0 Å². The molecule has 0 saturated heterocycles. The Morgan fingerprint density at radius 2 is 2.14 bits per heavy atom. The third-order valence-corrected chi connectivity index (χ3v) is 3.58. The number of aliphatic imine (C=N–C) groups is 1. The standard InChI is InChI=1S/C17H31N5/c1-6-7-8-9-14(2)21-17(18-3)20-13-15-10-11-19-16(12-15)22(4)5/h10-12,14H,6-9,13H2,1-5H3,(H2,18,20,21). The predicted octanol–water partition coefficient (Wildman–Crippen LogP) is 2.78. The van der Waals surface area contributed by atoms with Gasteiger partial charge in [-0.1, -0.05) is 26.2 Å². The van der Waals surface area contributed by atoms with E-state index in [1.54, 1.807) is 0 Å². The molecular weight excluding hydrogens is 274 g/mol. The Balaban J connectivity index is 2.45. The highest BCUT2D eigenvalue weighted by molar-refractivity contribution is 5.79. The minimum absolute atomic E-state index is 0.438. The molecule has 124 valence electrons. The molecule has 0 fully saturated rings. The van der Waals surface area contributed by atoms with Crippen LogP contribution in [0.1, 0.15) is 45.1 Å². The van der Waals surface area contributed by atoms with Crippen LogP contribution in [0.5, 0.6) is 0 Å². The summed E-state index contributed by atoms with van der Waals surface area (Å²) in [7, 11) is 5.81. The lowest BCUT2D eigenvalue weighted by atomic mass is 10.1. The minimum atomic E-state index is 0.438. The van der Waals surface area contributed by atoms with E-state index in [4.69, 9.17) is 0 Å². The molecule has 1 heterocycles. The highest BCUT2D eigenvalue weighted by atomic mass is 15.2. The number of pyridine rings is 1. The summed E-state index contributed by atoms with van der Waals surface area (Å²) in [4.78, 5) is 10.6. The fourth-order valence-corrected chi connectivity index (χ4v) is 2.20. The molecule has 2 N–H and O–H groups in total. The Hall–Kier alpha value is -1.78. The lowest BCUT2D eigenvalue weighted by Crippen LogP contribution is -2.41. The van der Waals surface area contributed by atoms with Gasteiger partial charge in [0.2, 0.25) is 0 Å². The van der Waals surface area contributed by atoms with Crippen LogP contribution in [0.25, 0.3) is 0 Å². The summed E-state index contributed by atoms with van der Waals surface area (Å²) >= 11 is 0. The molecule has 0 amide bonds. The first-order chi connectivity index (χ1) is 10.6. The van der Waals surface area contributed by atoms with Crippen molar-refractivity contribution in [1.82, 2.24) is 15.6 Å². The van der Waals surface area contributed by atoms with E-state index in [1.165, 1.54) is 31.2 Å². The fourth-order valence-electron chi connectivity index (χ4n) is 2.20. The van der Waals surface area contributed by atoms with Crippen LogP contribution in [-0.2, 0) is 6.54 Å². The number of nitrogens with one attached hydrogen (secondary N) is 2. The molecule has 0 radical (unpaired) electrons. The van der Waals surface area contributed by atoms with E-state index in [-0.39, 0.29) is 0 Å². The third-order valence-electron chi connectivity index (χ3n) is 3.58. The molecule has 0 spiro atoms. The highest BCUT2D eigenvalue weighted by Crippen LogP contribution is 2.09. The minimum Gasteiger partial charge on any atom is -0.363 e. The van der Waals surface area contributed by atoms with Gasteiger partial charge in [-0.15, -0.1) is 0 Å². The van der Waals surface area contributed by atoms with Crippen molar-refractivity contribution in [2.24, 2.45) is 4.99 Å². The second-order valence-electron chi connectivity index (χ2n) is 5.88. The second kappa shape index (κ2) is 10.0. The van der Waals surface area contributed by atoms with E-state index in [0.29, 0.717) is 6.04 Å². The van der Waals surface area contributed by atoms with E-state index in [1.807, 2.05) is 38.3 Å². The summed E-state index contributed by atoms with van der Waals surface area (Å²) in [6.45, 7) is 5.18. The molecule has 5 heteroatoms. The number of hydrogen-bond acceptors (Lipinski definition) is 3. The van der Waals surface area contributed by atoms with Gasteiger partial charge in [-0.25, -0.2) is 4.98 Å². The van der Waals surface area contributed by atoms with Crippen LogP contribution < -0.4 is 15.5 Å². The molecule has 0 aliphatic rings. The summed E-state index contributed by atoms with van der Waals surface area (Å²) in [5, 5.41) is 6.81. The molecule has 22 heavy (non-hydrogen) atoms. The maximum Gasteiger partial charge on any atom is 0.191 e. The summed E-state index contributed by atoms with van der Waals surface area (Å²) < 4.78 is 0. The van der Waals surface area contributed by atoms with Gasteiger partial charge in [-0.2, -0.15) is 0 Å². The van der Waals surface area contributed by atoms with Crippen LogP contribution in [0, 0.1) is 0 Å². The Morgan fingerprint density at radius 3 is 2.77 bits per heavy atom. The van der Waals surface area contributed by atoms with Crippen LogP contribution in [0.3, 0.4) is 0 Å². The van der Waals surface area contributed by atoms with Crippen molar-refractivity contribution in [2.75, 3.05) is 26.0 Å². The number of guanidine groups is 1. The van der Waals surface area contributed by atoms with Gasteiger partial charge in [0.15, 0.2) is 5.96 Å². The molecule has 0 aromatic carbocycles.